The predicted molar refractivity (Wildman–Crippen MR) is 122 cm³/mol. The molecule has 1 fully saturated rings. The van der Waals surface area contributed by atoms with Gasteiger partial charge in [-0.25, -0.2) is 0 Å². The van der Waals surface area contributed by atoms with Gasteiger partial charge >= 0.3 is 0 Å². The fourth-order valence-electron chi connectivity index (χ4n) is 3.77. The molecule has 156 valence electrons. The molecular weight excluding hydrogens is 394 g/mol. The minimum absolute atomic E-state index is 0.163. The third kappa shape index (κ3) is 4.36. The Morgan fingerprint density at radius 2 is 1.67 bits per heavy atom. The first-order valence-corrected chi connectivity index (χ1v) is 11.4. The number of aryl methyl sites for hydroxylation is 1. The van der Waals surface area contributed by atoms with Crippen molar-refractivity contribution >= 4 is 23.4 Å². The zero-order chi connectivity index (χ0) is 20.9. The Hall–Kier alpha value is -2.80. The summed E-state index contributed by atoms with van der Waals surface area (Å²) in [5.74, 6) is 1.41. The van der Waals surface area contributed by atoms with Crippen molar-refractivity contribution in [3.63, 3.8) is 0 Å². The lowest BCUT2D eigenvalue weighted by Crippen LogP contribution is -2.49. The average molecular weight is 422 g/mol. The molecule has 0 saturated carbocycles. The SMILES string of the molecule is CCn1c(SCC(=O)N2CCN(c3ccccc3)CC2)nnc1-c1ccccc1C. The van der Waals surface area contributed by atoms with E-state index in [-0.39, 0.29) is 5.91 Å². The monoisotopic (exact) mass is 421 g/mol. The van der Waals surface area contributed by atoms with Gasteiger partial charge in [0, 0.05) is 44.0 Å². The van der Waals surface area contributed by atoms with Gasteiger partial charge in [-0.3, -0.25) is 4.79 Å². The molecule has 30 heavy (non-hydrogen) atoms. The zero-order valence-electron chi connectivity index (χ0n) is 17.5. The van der Waals surface area contributed by atoms with E-state index in [1.807, 2.05) is 23.1 Å². The van der Waals surface area contributed by atoms with Crippen LogP contribution in [0.3, 0.4) is 0 Å². The fraction of sp³-hybridized carbons (Fsp3) is 0.348. The van der Waals surface area contributed by atoms with Gasteiger partial charge in [0.2, 0.25) is 5.91 Å². The molecule has 2 heterocycles. The smallest absolute Gasteiger partial charge is 0.233 e. The van der Waals surface area contributed by atoms with Crippen LogP contribution >= 0.6 is 11.8 Å². The molecule has 6 nitrogen and oxygen atoms in total. The second-order valence-electron chi connectivity index (χ2n) is 7.36. The maximum Gasteiger partial charge on any atom is 0.233 e. The quantitative estimate of drug-likeness (QED) is 0.568. The molecule has 0 unspecified atom stereocenters. The third-order valence-electron chi connectivity index (χ3n) is 5.50. The van der Waals surface area contributed by atoms with Crippen LogP contribution in [0.25, 0.3) is 11.4 Å². The molecule has 0 bridgehead atoms. The van der Waals surface area contributed by atoms with Gasteiger partial charge < -0.3 is 14.4 Å². The Morgan fingerprint density at radius 1 is 0.967 bits per heavy atom. The van der Waals surface area contributed by atoms with Gasteiger partial charge in [0.25, 0.3) is 0 Å². The van der Waals surface area contributed by atoms with E-state index in [9.17, 15) is 4.79 Å². The first-order valence-electron chi connectivity index (χ1n) is 10.4. The van der Waals surface area contributed by atoms with Crippen molar-refractivity contribution in [2.24, 2.45) is 0 Å². The number of nitrogens with zero attached hydrogens (tertiary/aromatic N) is 5. The molecule has 1 aromatic heterocycles. The van der Waals surface area contributed by atoms with Crippen LogP contribution < -0.4 is 4.90 Å². The molecule has 1 aliphatic heterocycles. The second kappa shape index (κ2) is 9.34. The number of thioether (sulfide) groups is 1. The molecule has 0 radical (unpaired) electrons. The van der Waals surface area contributed by atoms with Crippen LogP contribution in [0.1, 0.15) is 12.5 Å². The van der Waals surface area contributed by atoms with E-state index in [2.05, 4.69) is 69.9 Å². The van der Waals surface area contributed by atoms with Gasteiger partial charge in [0.15, 0.2) is 11.0 Å². The Balaban J connectivity index is 1.36. The lowest BCUT2D eigenvalue weighted by atomic mass is 10.1. The number of carbonyl (C=O) groups is 1. The van der Waals surface area contributed by atoms with Crippen molar-refractivity contribution in [2.45, 2.75) is 25.5 Å². The van der Waals surface area contributed by atoms with Gasteiger partial charge in [-0.05, 0) is 31.5 Å². The largest absolute Gasteiger partial charge is 0.368 e. The average Bonchev–Trinajstić information content (AvgIpc) is 3.21. The van der Waals surface area contributed by atoms with Crippen LogP contribution in [0.5, 0.6) is 0 Å². The van der Waals surface area contributed by atoms with E-state index in [0.29, 0.717) is 5.75 Å². The summed E-state index contributed by atoms with van der Waals surface area (Å²) in [4.78, 5) is 17.1. The van der Waals surface area contributed by atoms with Crippen LogP contribution in [-0.4, -0.2) is 57.5 Å². The number of para-hydroxylation sites is 1. The fourth-order valence-corrected chi connectivity index (χ4v) is 4.68. The Morgan fingerprint density at radius 3 is 2.37 bits per heavy atom. The summed E-state index contributed by atoms with van der Waals surface area (Å²) in [6, 6.07) is 18.6. The third-order valence-corrected chi connectivity index (χ3v) is 6.45. The molecule has 3 aromatic rings. The minimum atomic E-state index is 0.163. The van der Waals surface area contributed by atoms with E-state index in [1.165, 1.54) is 23.0 Å². The van der Waals surface area contributed by atoms with Crippen molar-refractivity contribution < 1.29 is 4.79 Å². The number of benzene rings is 2. The number of piperazine rings is 1. The van der Waals surface area contributed by atoms with Crippen molar-refractivity contribution in [2.75, 3.05) is 36.8 Å². The molecular formula is C23H27N5OS. The summed E-state index contributed by atoms with van der Waals surface area (Å²) in [5.41, 5.74) is 3.48. The van der Waals surface area contributed by atoms with Gasteiger partial charge in [0.1, 0.15) is 0 Å². The Kier molecular flexibility index (Phi) is 6.38. The van der Waals surface area contributed by atoms with Gasteiger partial charge in [-0.15, -0.1) is 10.2 Å². The van der Waals surface area contributed by atoms with Crippen LogP contribution in [-0.2, 0) is 11.3 Å². The van der Waals surface area contributed by atoms with Crippen molar-refractivity contribution in [1.82, 2.24) is 19.7 Å². The number of hydrogen-bond acceptors (Lipinski definition) is 5. The second-order valence-corrected chi connectivity index (χ2v) is 8.30. The Bertz CT molecular complexity index is 996. The lowest BCUT2D eigenvalue weighted by Gasteiger charge is -2.36. The maximum atomic E-state index is 12.8. The van der Waals surface area contributed by atoms with Crippen LogP contribution in [0.15, 0.2) is 59.8 Å². The molecule has 1 aliphatic rings. The first-order chi connectivity index (χ1) is 14.7. The minimum Gasteiger partial charge on any atom is -0.368 e. The number of anilines is 1. The number of amides is 1. The molecule has 1 saturated heterocycles. The number of aromatic nitrogens is 3. The van der Waals surface area contributed by atoms with Gasteiger partial charge in [0.05, 0.1) is 5.75 Å². The summed E-state index contributed by atoms with van der Waals surface area (Å²) >= 11 is 1.48. The van der Waals surface area contributed by atoms with Gasteiger partial charge in [-0.1, -0.05) is 54.2 Å². The molecule has 0 atom stereocenters. The highest BCUT2D eigenvalue weighted by atomic mass is 32.2. The maximum absolute atomic E-state index is 12.8. The summed E-state index contributed by atoms with van der Waals surface area (Å²) in [5, 5.41) is 9.58. The van der Waals surface area contributed by atoms with Crippen molar-refractivity contribution in [1.29, 1.82) is 0 Å². The molecule has 7 heteroatoms. The molecule has 1 amide bonds. The molecule has 0 spiro atoms. The zero-order valence-corrected chi connectivity index (χ0v) is 18.3. The normalized spacial score (nSPS) is 14.2. The predicted octanol–water partition coefficient (Wildman–Crippen LogP) is 3.71. The van der Waals surface area contributed by atoms with E-state index in [0.717, 1.165) is 49.3 Å². The summed E-state index contributed by atoms with van der Waals surface area (Å²) in [6.07, 6.45) is 0. The van der Waals surface area contributed by atoms with E-state index in [1.54, 1.807) is 0 Å². The Labute approximate surface area is 181 Å². The van der Waals surface area contributed by atoms with Crippen molar-refractivity contribution in [3.8, 4) is 11.4 Å². The highest BCUT2D eigenvalue weighted by Gasteiger charge is 2.22. The lowest BCUT2D eigenvalue weighted by molar-refractivity contribution is -0.128. The van der Waals surface area contributed by atoms with Crippen molar-refractivity contribution in [3.05, 3.63) is 60.2 Å². The molecule has 0 aliphatic carbocycles. The number of rotatable bonds is 6. The van der Waals surface area contributed by atoms with Crippen LogP contribution in [0.4, 0.5) is 5.69 Å². The highest BCUT2D eigenvalue weighted by Crippen LogP contribution is 2.26. The standard InChI is InChI=1S/C23H27N5OS/c1-3-28-22(20-12-8-7-9-18(20)2)24-25-23(28)30-17-21(29)27-15-13-26(14-16-27)19-10-5-4-6-11-19/h4-12H,3,13-17H2,1-2H3. The van der Waals surface area contributed by atoms with E-state index < -0.39 is 0 Å². The summed E-state index contributed by atoms with van der Waals surface area (Å²) < 4.78 is 2.09. The summed E-state index contributed by atoms with van der Waals surface area (Å²) in [7, 11) is 0. The highest BCUT2D eigenvalue weighted by molar-refractivity contribution is 7.99. The van der Waals surface area contributed by atoms with Crippen LogP contribution in [0.2, 0.25) is 0 Å². The topological polar surface area (TPSA) is 54.3 Å². The van der Waals surface area contributed by atoms with E-state index >= 15 is 0 Å². The van der Waals surface area contributed by atoms with Crippen LogP contribution in [0, 0.1) is 6.92 Å². The molecule has 4 rings (SSSR count). The number of carbonyl (C=O) groups excluding carboxylic acids is 1. The summed E-state index contributed by atoms with van der Waals surface area (Å²) in [6.45, 7) is 8.16. The molecule has 0 N–H and O–H groups in total. The van der Waals surface area contributed by atoms with E-state index in [4.69, 9.17) is 0 Å². The molecule has 2 aromatic carbocycles. The number of hydrogen-bond donors (Lipinski definition) is 0. The van der Waals surface area contributed by atoms with Gasteiger partial charge in [-0.2, -0.15) is 0 Å². The first kappa shape index (κ1) is 20.5.